The van der Waals surface area contributed by atoms with E-state index >= 15 is 0 Å². The Morgan fingerprint density at radius 1 is 1.16 bits per heavy atom. The first-order valence-corrected chi connectivity index (χ1v) is 14.0. The Labute approximate surface area is 221 Å². The number of nitrogens with one attached hydrogen (secondary N) is 3. The highest BCUT2D eigenvalue weighted by molar-refractivity contribution is 7.98. The summed E-state index contributed by atoms with van der Waals surface area (Å²) >= 11 is 1.54. The maximum absolute atomic E-state index is 13.6. The number of aliphatic carboxylic acids is 1. The van der Waals surface area contributed by atoms with Crippen LogP contribution in [-0.4, -0.2) is 81.4 Å². The van der Waals surface area contributed by atoms with E-state index in [2.05, 4.69) is 15.6 Å². The number of nitrogens with zero attached hydrogens (tertiary/aromatic N) is 1. The molecule has 10 nitrogen and oxygen atoms in total. The molecule has 1 aromatic carbocycles. The number of hydrogen-bond donors (Lipinski definition) is 5. The second-order valence-corrected chi connectivity index (χ2v) is 10.8. The monoisotopic (exact) mass is 531 g/mol. The Balaban J connectivity index is 1.87. The number of H-pyrrole nitrogens is 1. The van der Waals surface area contributed by atoms with E-state index in [1.165, 1.54) is 16.7 Å². The molecule has 1 fully saturated rings. The maximum Gasteiger partial charge on any atom is 0.326 e. The summed E-state index contributed by atoms with van der Waals surface area (Å²) in [6.07, 6.45) is 5.18. The van der Waals surface area contributed by atoms with E-state index in [1.807, 2.05) is 44.4 Å². The number of amides is 3. The van der Waals surface area contributed by atoms with E-state index in [-0.39, 0.29) is 12.3 Å². The molecule has 1 aliphatic rings. The summed E-state index contributed by atoms with van der Waals surface area (Å²) in [7, 11) is 0. The van der Waals surface area contributed by atoms with E-state index in [0.29, 0.717) is 31.6 Å². The van der Waals surface area contributed by atoms with E-state index in [9.17, 15) is 24.3 Å². The number of para-hydroxylation sites is 1. The number of carbonyl (C=O) groups excluding carboxylic acids is 3. The number of aromatic nitrogens is 1. The van der Waals surface area contributed by atoms with Crippen LogP contribution in [0, 0.1) is 5.92 Å². The van der Waals surface area contributed by atoms with Crippen molar-refractivity contribution < 1.29 is 24.3 Å². The summed E-state index contributed by atoms with van der Waals surface area (Å²) < 4.78 is 0. The summed E-state index contributed by atoms with van der Waals surface area (Å²) in [5.74, 6) is -1.93. The van der Waals surface area contributed by atoms with Crippen molar-refractivity contribution in [3.63, 3.8) is 0 Å². The lowest BCUT2D eigenvalue weighted by Gasteiger charge is -2.29. The van der Waals surface area contributed by atoms with Crippen LogP contribution in [0.25, 0.3) is 10.9 Å². The quantitative estimate of drug-likeness (QED) is 0.278. The summed E-state index contributed by atoms with van der Waals surface area (Å²) in [5, 5.41) is 16.1. The first-order valence-electron chi connectivity index (χ1n) is 12.6. The minimum Gasteiger partial charge on any atom is -0.480 e. The van der Waals surface area contributed by atoms with Crippen LogP contribution in [0.2, 0.25) is 0 Å². The zero-order valence-corrected chi connectivity index (χ0v) is 22.3. The van der Waals surface area contributed by atoms with Gasteiger partial charge in [-0.15, -0.1) is 0 Å². The number of aromatic amines is 1. The molecule has 2 heterocycles. The summed E-state index contributed by atoms with van der Waals surface area (Å²) in [6.45, 7) is 3.96. The smallest absolute Gasteiger partial charge is 0.326 e. The van der Waals surface area contributed by atoms with Gasteiger partial charge in [0.05, 0.1) is 6.04 Å². The molecule has 11 heteroatoms. The van der Waals surface area contributed by atoms with Crippen LogP contribution in [-0.2, 0) is 25.6 Å². The second-order valence-electron chi connectivity index (χ2n) is 9.77. The number of nitrogens with two attached hydrogens (primary N) is 1. The molecule has 1 aromatic heterocycles. The number of likely N-dealkylation sites (tertiary alicyclic amines) is 1. The molecule has 0 saturated carbocycles. The van der Waals surface area contributed by atoms with Gasteiger partial charge in [0.15, 0.2) is 0 Å². The van der Waals surface area contributed by atoms with Gasteiger partial charge in [-0.3, -0.25) is 14.4 Å². The van der Waals surface area contributed by atoms with Crippen molar-refractivity contribution in [1.82, 2.24) is 20.5 Å². The minimum atomic E-state index is -1.06. The van der Waals surface area contributed by atoms with E-state index in [0.717, 1.165) is 16.5 Å². The van der Waals surface area contributed by atoms with Crippen molar-refractivity contribution in [1.29, 1.82) is 0 Å². The van der Waals surface area contributed by atoms with Gasteiger partial charge in [-0.25, -0.2) is 4.79 Å². The van der Waals surface area contributed by atoms with Crippen LogP contribution < -0.4 is 16.4 Å². The first-order chi connectivity index (χ1) is 17.6. The lowest BCUT2D eigenvalue weighted by atomic mass is 10.0. The van der Waals surface area contributed by atoms with Crippen molar-refractivity contribution in [3.8, 4) is 0 Å². The average molecular weight is 532 g/mol. The van der Waals surface area contributed by atoms with E-state index in [1.54, 1.807) is 6.20 Å². The van der Waals surface area contributed by atoms with Crippen molar-refractivity contribution >= 4 is 46.4 Å². The molecule has 0 aliphatic carbocycles. The molecule has 0 radical (unpaired) electrons. The Bertz CT molecular complexity index is 1120. The van der Waals surface area contributed by atoms with Gasteiger partial charge < -0.3 is 31.4 Å². The lowest BCUT2D eigenvalue weighted by Crippen LogP contribution is -2.58. The summed E-state index contributed by atoms with van der Waals surface area (Å²) in [5.41, 5.74) is 7.71. The number of rotatable bonds is 12. The normalized spacial score (nSPS) is 18.0. The molecule has 4 atom stereocenters. The number of carboxylic acid groups (broad SMARTS) is 1. The van der Waals surface area contributed by atoms with Crippen LogP contribution in [0.3, 0.4) is 0 Å². The molecule has 2 aromatic rings. The van der Waals surface area contributed by atoms with Gasteiger partial charge in [0, 0.05) is 30.1 Å². The Morgan fingerprint density at radius 2 is 1.86 bits per heavy atom. The van der Waals surface area contributed by atoms with Crippen molar-refractivity contribution in [3.05, 3.63) is 36.0 Å². The van der Waals surface area contributed by atoms with Gasteiger partial charge >= 0.3 is 5.97 Å². The predicted octanol–water partition coefficient (Wildman–Crippen LogP) is 1.49. The predicted molar refractivity (Wildman–Crippen MR) is 144 cm³/mol. The highest BCUT2D eigenvalue weighted by Crippen LogP contribution is 2.23. The molecule has 4 unspecified atom stereocenters. The van der Waals surface area contributed by atoms with Gasteiger partial charge in [-0.05, 0) is 48.8 Å². The topological polar surface area (TPSA) is 158 Å². The number of carbonyl (C=O) groups is 4. The SMILES string of the molecule is CSCCC(NC(=O)C(N)C(C)C)C(=O)NC(Cc1c[nH]c2ccccc12)C(=O)N1CCCC1C(=O)O. The Kier molecular flexibility index (Phi) is 9.99. The van der Waals surface area contributed by atoms with Crippen LogP contribution in [0.1, 0.15) is 38.7 Å². The fourth-order valence-electron chi connectivity index (χ4n) is 4.56. The largest absolute Gasteiger partial charge is 0.480 e. The van der Waals surface area contributed by atoms with Gasteiger partial charge in [0.25, 0.3) is 0 Å². The average Bonchev–Trinajstić information content (AvgIpc) is 3.52. The summed E-state index contributed by atoms with van der Waals surface area (Å²) in [6, 6.07) is 4.06. The van der Waals surface area contributed by atoms with Crippen LogP contribution in [0.5, 0.6) is 0 Å². The molecule has 3 rings (SSSR count). The molecular formula is C26H37N5O5S. The van der Waals surface area contributed by atoms with E-state index < -0.39 is 47.9 Å². The molecule has 3 amide bonds. The van der Waals surface area contributed by atoms with Gasteiger partial charge in [-0.2, -0.15) is 11.8 Å². The molecule has 0 bridgehead atoms. The molecule has 37 heavy (non-hydrogen) atoms. The molecule has 202 valence electrons. The third-order valence-electron chi connectivity index (χ3n) is 6.80. The lowest BCUT2D eigenvalue weighted by molar-refractivity contribution is -0.149. The number of carboxylic acids is 1. The standard InChI is InChI=1S/C26H37N5O5S/c1-15(2)22(27)24(33)29-19(10-12-37-3)23(32)30-20(25(34)31-11-6-9-21(31)26(35)36)13-16-14-28-18-8-5-4-7-17(16)18/h4-5,7-8,14-15,19-22,28H,6,9-13,27H2,1-3H3,(H,29,33)(H,30,32)(H,35,36). The van der Waals surface area contributed by atoms with Gasteiger partial charge in [-0.1, -0.05) is 32.0 Å². The van der Waals surface area contributed by atoms with Crippen molar-refractivity contribution in [2.45, 2.75) is 63.7 Å². The number of benzene rings is 1. The third kappa shape index (κ3) is 7.04. The number of hydrogen-bond acceptors (Lipinski definition) is 6. The molecular weight excluding hydrogens is 494 g/mol. The van der Waals surface area contributed by atoms with Crippen molar-refractivity contribution in [2.24, 2.45) is 11.7 Å². The molecule has 0 spiro atoms. The van der Waals surface area contributed by atoms with E-state index in [4.69, 9.17) is 5.73 Å². The number of thioether (sulfide) groups is 1. The highest BCUT2D eigenvalue weighted by Gasteiger charge is 2.38. The first kappa shape index (κ1) is 28.5. The molecule has 1 saturated heterocycles. The number of fused-ring (bicyclic) bond motifs is 1. The summed E-state index contributed by atoms with van der Waals surface area (Å²) in [4.78, 5) is 56.0. The van der Waals surface area contributed by atoms with Gasteiger partial charge in [0.1, 0.15) is 18.1 Å². The van der Waals surface area contributed by atoms with Crippen LogP contribution in [0.4, 0.5) is 0 Å². The zero-order chi connectivity index (χ0) is 27.1. The zero-order valence-electron chi connectivity index (χ0n) is 21.5. The highest BCUT2D eigenvalue weighted by atomic mass is 32.2. The van der Waals surface area contributed by atoms with Crippen LogP contribution in [0.15, 0.2) is 30.5 Å². The fourth-order valence-corrected chi connectivity index (χ4v) is 5.03. The Morgan fingerprint density at radius 3 is 2.54 bits per heavy atom. The minimum absolute atomic E-state index is 0.108. The van der Waals surface area contributed by atoms with Crippen molar-refractivity contribution in [2.75, 3.05) is 18.6 Å². The van der Waals surface area contributed by atoms with Gasteiger partial charge in [0.2, 0.25) is 17.7 Å². The Hall–Kier alpha value is -3.05. The fraction of sp³-hybridized carbons (Fsp3) is 0.538. The second kappa shape index (κ2) is 13.0. The van der Waals surface area contributed by atoms with Crippen LogP contribution >= 0.6 is 11.8 Å². The molecule has 6 N–H and O–H groups in total. The third-order valence-corrected chi connectivity index (χ3v) is 7.44. The molecule has 1 aliphatic heterocycles. The maximum atomic E-state index is 13.6.